The van der Waals surface area contributed by atoms with Crippen molar-refractivity contribution in [1.29, 1.82) is 0 Å². The molecule has 130 valence electrons. The number of ether oxygens (including phenoxy) is 1. The molecule has 2 rings (SSSR count). The summed E-state index contributed by atoms with van der Waals surface area (Å²) in [6.07, 6.45) is 6.72. The highest BCUT2D eigenvalue weighted by Gasteiger charge is 2.28. The van der Waals surface area contributed by atoms with E-state index < -0.39 is 0 Å². The quantitative estimate of drug-likeness (QED) is 0.404. The molecule has 0 saturated carbocycles. The SMILES string of the molecule is CN=C(NCC1CCCO1)NCC(C)(C)N1CCCCC1.I. The van der Waals surface area contributed by atoms with Crippen LogP contribution in [0.1, 0.15) is 46.0 Å². The topological polar surface area (TPSA) is 48.9 Å². The summed E-state index contributed by atoms with van der Waals surface area (Å²) in [5.41, 5.74) is 0.169. The van der Waals surface area contributed by atoms with Gasteiger partial charge in [-0.25, -0.2) is 0 Å². The zero-order valence-corrected chi connectivity index (χ0v) is 16.7. The standard InChI is InChI=1S/C16H32N4O.HI/c1-16(2,20-9-5-4-6-10-20)13-19-15(17-3)18-12-14-8-7-11-21-14;/h14H,4-13H2,1-3H3,(H2,17,18,19);1H. The van der Waals surface area contributed by atoms with Gasteiger partial charge in [-0.15, -0.1) is 24.0 Å². The Morgan fingerprint density at radius 3 is 2.50 bits per heavy atom. The van der Waals surface area contributed by atoms with Crippen molar-refractivity contribution in [2.45, 2.75) is 57.6 Å². The van der Waals surface area contributed by atoms with Gasteiger partial charge < -0.3 is 15.4 Å². The van der Waals surface area contributed by atoms with Gasteiger partial charge in [-0.1, -0.05) is 6.42 Å². The van der Waals surface area contributed by atoms with E-state index in [0.29, 0.717) is 6.10 Å². The Balaban J connectivity index is 0.00000242. The number of hydrogen-bond acceptors (Lipinski definition) is 3. The molecule has 1 atom stereocenters. The Hall–Kier alpha value is -0.0800. The molecule has 0 radical (unpaired) electrons. The Morgan fingerprint density at radius 1 is 1.18 bits per heavy atom. The third-order valence-electron chi connectivity index (χ3n) is 4.65. The number of aliphatic imine (C=N–C) groups is 1. The van der Waals surface area contributed by atoms with E-state index in [-0.39, 0.29) is 29.5 Å². The van der Waals surface area contributed by atoms with Gasteiger partial charge in [-0.3, -0.25) is 9.89 Å². The van der Waals surface area contributed by atoms with Gasteiger partial charge in [-0.05, 0) is 52.6 Å². The summed E-state index contributed by atoms with van der Waals surface area (Å²) in [6.45, 7) is 9.74. The van der Waals surface area contributed by atoms with E-state index in [1.807, 2.05) is 7.05 Å². The molecule has 0 amide bonds. The van der Waals surface area contributed by atoms with Crippen LogP contribution in [-0.4, -0.2) is 62.3 Å². The van der Waals surface area contributed by atoms with Crippen LogP contribution in [-0.2, 0) is 4.74 Å². The van der Waals surface area contributed by atoms with Crippen molar-refractivity contribution in [3.63, 3.8) is 0 Å². The number of nitrogens with zero attached hydrogens (tertiary/aromatic N) is 2. The summed E-state index contributed by atoms with van der Waals surface area (Å²) in [6, 6.07) is 0. The highest BCUT2D eigenvalue weighted by molar-refractivity contribution is 14.0. The zero-order valence-electron chi connectivity index (χ0n) is 14.4. The lowest BCUT2D eigenvalue weighted by molar-refractivity contribution is 0.0978. The summed E-state index contributed by atoms with van der Waals surface area (Å²) in [7, 11) is 1.83. The van der Waals surface area contributed by atoms with Crippen molar-refractivity contribution in [1.82, 2.24) is 15.5 Å². The first-order chi connectivity index (χ1) is 10.1. The first-order valence-corrected chi connectivity index (χ1v) is 8.43. The molecule has 2 aliphatic rings. The molecule has 22 heavy (non-hydrogen) atoms. The molecule has 5 nitrogen and oxygen atoms in total. The second kappa shape index (κ2) is 9.93. The van der Waals surface area contributed by atoms with Crippen molar-refractivity contribution in [2.24, 2.45) is 4.99 Å². The van der Waals surface area contributed by atoms with E-state index in [2.05, 4.69) is 34.4 Å². The van der Waals surface area contributed by atoms with Crippen LogP contribution in [0.5, 0.6) is 0 Å². The van der Waals surface area contributed by atoms with Crippen molar-refractivity contribution in [3.8, 4) is 0 Å². The van der Waals surface area contributed by atoms with E-state index in [9.17, 15) is 0 Å². The molecule has 2 fully saturated rings. The van der Waals surface area contributed by atoms with Crippen LogP contribution >= 0.6 is 24.0 Å². The highest BCUT2D eigenvalue weighted by atomic mass is 127. The highest BCUT2D eigenvalue weighted by Crippen LogP contribution is 2.19. The van der Waals surface area contributed by atoms with E-state index in [4.69, 9.17) is 4.74 Å². The Labute approximate surface area is 152 Å². The predicted octanol–water partition coefficient (Wildman–Crippen LogP) is 2.21. The lowest BCUT2D eigenvalue weighted by atomic mass is 9.98. The fourth-order valence-corrected chi connectivity index (χ4v) is 3.15. The van der Waals surface area contributed by atoms with Crippen molar-refractivity contribution in [3.05, 3.63) is 0 Å². The average molecular weight is 424 g/mol. The molecule has 0 spiro atoms. The third-order valence-corrected chi connectivity index (χ3v) is 4.65. The molecule has 2 saturated heterocycles. The maximum absolute atomic E-state index is 5.63. The van der Waals surface area contributed by atoms with Crippen LogP contribution in [0.25, 0.3) is 0 Å². The Morgan fingerprint density at radius 2 is 1.91 bits per heavy atom. The first kappa shape index (κ1) is 20.0. The van der Waals surface area contributed by atoms with Gasteiger partial charge in [0.05, 0.1) is 6.10 Å². The van der Waals surface area contributed by atoms with Crippen LogP contribution < -0.4 is 10.6 Å². The first-order valence-electron chi connectivity index (χ1n) is 8.43. The second-order valence-electron chi connectivity index (χ2n) is 6.80. The summed E-state index contributed by atoms with van der Waals surface area (Å²) in [5.74, 6) is 0.885. The fraction of sp³-hybridized carbons (Fsp3) is 0.938. The van der Waals surface area contributed by atoms with E-state index in [1.54, 1.807) is 0 Å². The minimum absolute atomic E-state index is 0. The molecular weight excluding hydrogens is 391 g/mol. The average Bonchev–Trinajstić information content (AvgIpc) is 3.02. The van der Waals surface area contributed by atoms with Gasteiger partial charge in [0.1, 0.15) is 0 Å². The monoisotopic (exact) mass is 424 g/mol. The molecule has 1 unspecified atom stereocenters. The number of rotatable bonds is 5. The predicted molar refractivity (Wildman–Crippen MR) is 103 cm³/mol. The molecule has 0 aromatic rings. The number of likely N-dealkylation sites (tertiary alicyclic amines) is 1. The van der Waals surface area contributed by atoms with Crippen LogP contribution in [0, 0.1) is 0 Å². The number of hydrogen-bond donors (Lipinski definition) is 2. The van der Waals surface area contributed by atoms with Gasteiger partial charge in [0.25, 0.3) is 0 Å². The zero-order chi connectivity index (χ0) is 15.1. The van der Waals surface area contributed by atoms with Gasteiger partial charge in [0, 0.05) is 32.3 Å². The van der Waals surface area contributed by atoms with Crippen molar-refractivity contribution >= 4 is 29.9 Å². The Kier molecular flexibility index (Phi) is 9.01. The van der Waals surface area contributed by atoms with E-state index in [0.717, 1.165) is 32.1 Å². The van der Waals surface area contributed by atoms with Crippen LogP contribution in [0.15, 0.2) is 4.99 Å². The molecule has 2 aliphatic heterocycles. The largest absolute Gasteiger partial charge is 0.376 e. The molecule has 0 aromatic heterocycles. The lowest BCUT2D eigenvalue weighted by Gasteiger charge is -2.41. The molecule has 0 aromatic carbocycles. The molecule has 6 heteroatoms. The van der Waals surface area contributed by atoms with Gasteiger partial charge in [0.2, 0.25) is 0 Å². The third kappa shape index (κ3) is 6.20. The van der Waals surface area contributed by atoms with E-state index >= 15 is 0 Å². The number of guanidine groups is 1. The fourth-order valence-electron chi connectivity index (χ4n) is 3.15. The number of halogens is 1. The summed E-state index contributed by atoms with van der Waals surface area (Å²) >= 11 is 0. The van der Waals surface area contributed by atoms with Gasteiger partial charge in [-0.2, -0.15) is 0 Å². The molecule has 2 N–H and O–H groups in total. The minimum atomic E-state index is 0. The van der Waals surface area contributed by atoms with Crippen LogP contribution in [0.4, 0.5) is 0 Å². The van der Waals surface area contributed by atoms with Crippen LogP contribution in [0.3, 0.4) is 0 Å². The summed E-state index contributed by atoms with van der Waals surface area (Å²) in [4.78, 5) is 6.91. The lowest BCUT2D eigenvalue weighted by Crippen LogP contribution is -2.55. The maximum Gasteiger partial charge on any atom is 0.191 e. The summed E-state index contributed by atoms with van der Waals surface area (Å²) < 4.78 is 5.63. The maximum atomic E-state index is 5.63. The number of nitrogens with one attached hydrogen (secondary N) is 2. The Bertz CT molecular complexity index is 337. The van der Waals surface area contributed by atoms with Crippen LogP contribution in [0.2, 0.25) is 0 Å². The second-order valence-corrected chi connectivity index (χ2v) is 6.80. The number of piperidine rings is 1. The minimum Gasteiger partial charge on any atom is -0.376 e. The van der Waals surface area contributed by atoms with Crippen molar-refractivity contribution < 1.29 is 4.74 Å². The molecule has 2 heterocycles. The normalized spacial score (nSPS) is 24.0. The van der Waals surface area contributed by atoms with E-state index in [1.165, 1.54) is 38.8 Å². The van der Waals surface area contributed by atoms with Gasteiger partial charge in [0.15, 0.2) is 5.96 Å². The molecule has 0 bridgehead atoms. The molecular formula is C16H33IN4O. The molecule has 0 aliphatic carbocycles. The van der Waals surface area contributed by atoms with Crippen molar-refractivity contribution in [2.75, 3.05) is 39.8 Å². The smallest absolute Gasteiger partial charge is 0.191 e. The van der Waals surface area contributed by atoms with Gasteiger partial charge >= 0.3 is 0 Å². The summed E-state index contributed by atoms with van der Waals surface area (Å²) in [5, 5.41) is 6.85.